The summed E-state index contributed by atoms with van der Waals surface area (Å²) in [5.74, 6) is 1.80. The Balaban J connectivity index is 1.93. The Morgan fingerprint density at radius 1 is 1.35 bits per heavy atom. The Labute approximate surface area is 120 Å². The van der Waals surface area contributed by atoms with Crippen LogP contribution >= 0.6 is 0 Å². The first kappa shape index (κ1) is 15.0. The predicted molar refractivity (Wildman–Crippen MR) is 77.7 cm³/mol. The van der Waals surface area contributed by atoms with Crippen molar-refractivity contribution in [3.05, 3.63) is 17.3 Å². The van der Waals surface area contributed by atoms with Crippen LogP contribution in [-0.4, -0.2) is 42.0 Å². The number of carbonyl (C=O) groups excluding carboxylic acids is 1. The third-order valence-corrected chi connectivity index (χ3v) is 3.57. The second kappa shape index (κ2) is 5.95. The number of hydrogen-bond acceptors (Lipinski definition) is 4. The topological polar surface area (TPSA) is 58.4 Å². The van der Waals surface area contributed by atoms with Gasteiger partial charge in [-0.1, -0.05) is 20.8 Å². The molecular formula is C15H25N3O2. The maximum atomic E-state index is 12.1. The quantitative estimate of drug-likeness (QED) is 0.914. The van der Waals surface area contributed by atoms with Crippen LogP contribution in [0.5, 0.6) is 0 Å². The minimum Gasteiger partial charge on any atom is -0.445 e. The number of aryl methyl sites for hydroxylation is 2. The highest BCUT2D eigenvalue weighted by atomic mass is 16.4. The first-order valence-electron chi connectivity index (χ1n) is 7.33. The third-order valence-electron chi connectivity index (χ3n) is 3.57. The summed E-state index contributed by atoms with van der Waals surface area (Å²) in [6, 6.07) is 0. The molecule has 1 saturated heterocycles. The summed E-state index contributed by atoms with van der Waals surface area (Å²) in [4.78, 5) is 18.5. The molecule has 1 aromatic rings. The van der Waals surface area contributed by atoms with Crippen LogP contribution in [0.15, 0.2) is 4.42 Å². The fraction of sp³-hybridized carbons (Fsp3) is 0.733. The van der Waals surface area contributed by atoms with Gasteiger partial charge in [0.2, 0.25) is 5.91 Å². The van der Waals surface area contributed by atoms with E-state index in [9.17, 15) is 4.79 Å². The van der Waals surface area contributed by atoms with Crippen molar-refractivity contribution in [2.75, 3.05) is 26.2 Å². The van der Waals surface area contributed by atoms with E-state index >= 15 is 0 Å². The van der Waals surface area contributed by atoms with Crippen molar-refractivity contribution in [3.63, 3.8) is 0 Å². The zero-order valence-corrected chi connectivity index (χ0v) is 13.0. The summed E-state index contributed by atoms with van der Waals surface area (Å²) in [6.07, 6.45) is 1.14. The van der Waals surface area contributed by atoms with Crippen molar-refractivity contribution in [3.8, 4) is 0 Å². The van der Waals surface area contributed by atoms with Crippen LogP contribution in [0.4, 0.5) is 0 Å². The van der Waals surface area contributed by atoms with E-state index in [0.29, 0.717) is 12.8 Å². The van der Waals surface area contributed by atoms with E-state index < -0.39 is 0 Å². The van der Waals surface area contributed by atoms with E-state index in [1.54, 1.807) is 0 Å². The molecule has 1 fully saturated rings. The van der Waals surface area contributed by atoms with Gasteiger partial charge in [0, 0.05) is 44.4 Å². The van der Waals surface area contributed by atoms with Gasteiger partial charge >= 0.3 is 0 Å². The molecule has 2 heterocycles. The molecule has 1 amide bonds. The van der Waals surface area contributed by atoms with E-state index in [1.807, 2.05) is 11.8 Å². The van der Waals surface area contributed by atoms with E-state index in [1.165, 1.54) is 0 Å². The van der Waals surface area contributed by atoms with Crippen LogP contribution in [0.25, 0.3) is 0 Å². The van der Waals surface area contributed by atoms with E-state index in [0.717, 1.165) is 43.5 Å². The highest BCUT2D eigenvalue weighted by Gasteiger charge is 2.23. The van der Waals surface area contributed by atoms with Crippen molar-refractivity contribution in [2.24, 2.45) is 0 Å². The molecule has 0 atom stereocenters. The maximum absolute atomic E-state index is 12.1. The fourth-order valence-corrected chi connectivity index (χ4v) is 2.27. The molecule has 1 aliphatic rings. The number of nitrogens with one attached hydrogen (secondary N) is 1. The molecule has 1 N–H and O–H groups in total. The van der Waals surface area contributed by atoms with E-state index in [2.05, 4.69) is 31.1 Å². The summed E-state index contributed by atoms with van der Waals surface area (Å²) in [6.45, 7) is 11.6. The number of piperazine rings is 1. The maximum Gasteiger partial charge on any atom is 0.223 e. The Kier molecular flexibility index (Phi) is 4.48. The van der Waals surface area contributed by atoms with Gasteiger partial charge < -0.3 is 14.6 Å². The van der Waals surface area contributed by atoms with Crippen LogP contribution in [0.1, 0.15) is 44.5 Å². The summed E-state index contributed by atoms with van der Waals surface area (Å²) in [5.41, 5.74) is 0.814. The summed E-state index contributed by atoms with van der Waals surface area (Å²) in [7, 11) is 0. The van der Waals surface area contributed by atoms with Crippen molar-refractivity contribution >= 4 is 5.91 Å². The molecule has 5 nitrogen and oxygen atoms in total. The highest BCUT2D eigenvalue weighted by molar-refractivity contribution is 5.76. The SMILES string of the molecule is Cc1nc(C(C)(C)C)oc1CCC(=O)N1CCNCC1. The Bertz CT molecular complexity index is 468. The molecule has 0 bridgehead atoms. The van der Waals surface area contributed by atoms with Crippen molar-refractivity contribution < 1.29 is 9.21 Å². The van der Waals surface area contributed by atoms with Gasteiger partial charge in [-0.25, -0.2) is 4.98 Å². The summed E-state index contributed by atoms with van der Waals surface area (Å²) in [5, 5.41) is 3.25. The van der Waals surface area contributed by atoms with Crippen LogP contribution in [-0.2, 0) is 16.6 Å². The second-order valence-electron chi connectivity index (χ2n) is 6.41. The average molecular weight is 279 g/mol. The Hall–Kier alpha value is -1.36. The van der Waals surface area contributed by atoms with E-state index in [4.69, 9.17) is 4.42 Å². The van der Waals surface area contributed by atoms with Gasteiger partial charge in [-0.05, 0) is 6.92 Å². The normalized spacial score (nSPS) is 16.5. The Morgan fingerprint density at radius 3 is 2.55 bits per heavy atom. The van der Waals surface area contributed by atoms with Crippen LogP contribution in [0.2, 0.25) is 0 Å². The molecule has 0 aliphatic carbocycles. The molecule has 2 rings (SSSR count). The molecular weight excluding hydrogens is 254 g/mol. The molecule has 0 spiro atoms. The van der Waals surface area contributed by atoms with Crippen molar-refractivity contribution in [2.45, 2.75) is 46.0 Å². The number of aromatic nitrogens is 1. The molecule has 20 heavy (non-hydrogen) atoms. The number of rotatable bonds is 3. The second-order valence-corrected chi connectivity index (χ2v) is 6.41. The van der Waals surface area contributed by atoms with Gasteiger partial charge in [-0.3, -0.25) is 4.79 Å². The minimum absolute atomic E-state index is 0.0917. The molecule has 0 radical (unpaired) electrons. The zero-order chi connectivity index (χ0) is 14.8. The zero-order valence-electron chi connectivity index (χ0n) is 13.0. The molecule has 5 heteroatoms. The van der Waals surface area contributed by atoms with E-state index in [-0.39, 0.29) is 11.3 Å². The van der Waals surface area contributed by atoms with Gasteiger partial charge in [-0.2, -0.15) is 0 Å². The van der Waals surface area contributed by atoms with Crippen LogP contribution in [0, 0.1) is 6.92 Å². The van der Waals surface area contributed by atoms with Crippen LogP contribution in [0.3, 0.4) is 0 Å². The summed E-state index contributed by atoms with van der Waals surface area (Å²) < 4.78 is 5.82. The minimum atomic E-state index is -0.0917. The lowest BCUT2D eigenvalue weighted by Gasteiger charge is -2.27. The molecule has 1 aliphatic heterocycles. The van der Waals surface area contributed by atoms with Gasteiger partial charge in [0.15, 0.2) is 5.89 Å². The number of hydrogen-bond donors (Lipinski definition) is 1. The Morgan fingerprint density at radius 2 is 2.00 bits per heavy atom. The molecule has 0 aromatic carbocycles. The lowest BCUT2D eigenvalue weighted by molar-refractivity contribution is -0.131. The lowest BCUT2D eigenvalue weighted by Crippen LogP contribution is -2.46. The fourth-order valence-electron chi connectivity index (χ4n) is 2.27. The first-order chi connectivity index (χ1) is 9.38. The number of oxazole rings is 1. The summed E-state index contributed by atoms with van der Waals surface area (Å²) >= 11 is 0. The van der Waals surface area contributed by atoms with Gasteiger partial charge in [-0.15, -0.1) is 0 Å². The molecule has 112 valence electrons. The van der Waals surface area contributed by atoms with Gasteiger partial charge in [0.25, 0.3) is 0 Å². The standard InChI is InChI=1S/C15H25N3O2/c1-11-12(20-14(17-11)15(2,3)4)5-6-13(19)18-9-7-16-8-10-18/h16H,5-10H2,1-4H3. The highest BCUT2D eigenvalue weighted by Crippen LogP contribution is 2.24. The molecule has 0 saturated carbocycles. The van der Waals surface area contributed by atoms with Crippen LogP contribution < -0.4 is 5.32 Å². The predicted octanol–water partition coefficient (Wildman–Crippen LogP) is 1.64. The number of carbonyl (C=O) groups is 1. The van der Waals surface area contributed by atoms with Gasteiger partial charge in [0.1, 0.15) is 5.76 Å². The third kappa shape index (κ3) is 3.60. The number of nitrogens with zero attached hydrogens (tertiary/aromatic N) is 2. The largest absolute Gasteiger partial charge is 0.445 e. The van der Waals surface area contributed by atoms with Crippen molar-refractivity contribution in [1.82, 2.24) is 15.2 Å². The van der Waals surface area contributed by atoms with Gasteiger partial charge in [0.05, 0.1) is 5.69 Å². The lowest BCUT2D eigenvalue weighted by atomic mass is 9.97. The molecule has 1 aromatic heterocycles. The molecule has 0 unspecified atom stereocenters. The number of amides is 1. The first-order valence-corrected chi connectivity index (χ1v) is 7.33. The smallest absolute Gasteiger partial charge is 0.223 e. The van der Waals surface area contributed by atoms with Crippen molar-refractivity contribution in [1.29, 1.82) is 0 Å². The average Bonchev–Trinajstić information content (AvgIpc) is 2.78. The monoisotopic (exact) mass is 279 g/mol.